The van der Waals surface area contributed by atoms with Gasteiger partial charge in [0.2, 0.25) is 0 Å². The van der Waals surface area contributed by atoms with E-state index in [1.54, 1.807) is 0 Å². The number of hydrogen-bond acceptors (Lipinski definition) is 1. The van der Waals surface area contributed by atoms with Crippen molar-refractivity contribution in [1.29, 1.82) is 0 Å². The zero-order chi connectivity index (χ0) is 10.6. The van der Waals surface area contributed by atoms with Gasteiger partial charge in [0.15, 0.2) is 0 Å². The normalized spacial score (nSPS) is 11.1. The lowest BCUT2D eigenvalue weighted by molar-refractivity contribution is 0.577. The highest BCUT2D eigenvalue weighted by atomic mass is 27.1. The molecule has 75 valence electrons. The molecule has 1 aromatic rings. The van der Waals surface area contributed by atoms with Gasteiger partial charge in [0.25, 0.3) is 0 Å². The van der Waals surface area contributed by atoms with E-state index in [9.17, 15) is 0 Å². The number of hydrogen-bond donors (Lipinski definition) is 0. The van der Waals surface area contributed by atoms with Crippen LogP contribution in [-0.4, -0.2) is 15.6 Å². The van der Waals surface area contributed by atoms with Crippen molar-refractivity contribution in [2.45, 2.75) is 38.4 Å². The van der Waals surface area contributed by atoms with Gasteiger partial charge in [-0.05, 0) is 23.1 Å². The second-order valence-corrected chi connectivity index (χ2v) is 5.85. The van der Waals surface area contributed by atoms with Gasteiger partial charge in [0.05, 0.1) is 5.75 Å². The molecule has 0 aliphatic rings. The Kier molecular flexibility index (Phi) is 4.04. The smallest absolute Gasteiger partial charge is 0.523 e. The predicted molar refractivity (Wildman–Crippen MR) is 62.0 cm³/mol. The summed E-state index contributed by atoms with van der Waals surface area (Å²) in [6, 6.07) is 8.46. The molecule has 14 heavy (non-hydrogen) atoms. The summed E-state index contributed by atoms with van der Waals surface area (Å²) in [4.78, 5) is 0. The zero-order valence-electron chi connectivity index (χ0n) is 9.50. The van der Waals surface area contributed by atoms with Crippen molar-refractivity contribution in [1.82, 2.24) is 0 Å². The van der Waals surface area contributed by atoms with Crippen LogP contribution in [-0.2, 0) is 5.41 Å². The van der Waals surface area contributed by atoms with Crippen LogP contribution in [0.4, 0.5) is 0 Å². The maximum atomic E-state index is 5.61. The molecule has 0 bridgehead atoms. The third-order valence-corrected chi connectivity index (χ3v) is 2.88. The highest BCUT2D eigenvalue weighted by molar-refractivity contribution is 6.28. The maximum Gasteiger partial charge on any atom is 0.523 e. The monoisotopic (exact) mass is 205 g/mol. The van der Waals surface area contributed by atoms with E-state index in [4.69, 9.17) is 3.79 Å². The largest absolute Gasteiger partial charge is 0.648 e. The summed E-state index contributed by atoms with van der Waals surface area (Å²) >= 11 is 0.126. The Bertz CT molecular complexity index is 271. The van der Waals surface area contributed by atoms with Crippen LogP contribution >= 0.6 is 0 Å². The molecule has 0 fully saturated rings. The van der Waals surface area contributed by atoms with Crippen molar-refractivity contribution >= 4 is 15.6 Å². The molecule has 1 nitrogen and oxygen atoms in total. The van der Waals surface area contributed by atoms with E-state index in [1.807, 2.05) is 0 Å². The minimum atomic E-state index is 0.126. The molecule has 1 aromatic carbocycles. The fourth-order valence-electron chi connectivity index (χ4n) is 1.21. The Balaban J connectivity index is 2.69. The second kappa shape index (κ2) is 4.87. The Morgan fingerprint density at radius 3 is 2.14 bits per heavy atom. The first-order valence-corrected chi connectivity index (χ1v) is 6.41. The van der Waals surface area contributed by atoms with E-state index in [-0.39, 0.29) is 21.0 Å². The van der Waals surface area contributed by atoms with Gasteiger partial charge in [-0.2, -0.15) is 0 Å². The van der Waals surface area contributed by atoms with Crippen LogP contribution in [0.3, 0.4) is 0 Å². The molecule has 1 radical (unpaired) electrons. The van der Waals surface area contributed by atoms with Crippen LogP contribution in [0.5, 0.6) is 5.75 Å². The van der Waals surface area contributed by atoms with Crippen LogP contribution < -0.4 is 3.79 Å². The summed E-state index contributed by atoms with van der Waals surface area (Å²) in [6.07, 6.45) is 0. The summed E-state index contributed by atoms with van der Waals surface area (Å²) < 4.78 is 5.61. The van der Waals surface area contributed by atoms with Crippen LogP contribution in [0.2, 0.25) is 5.28 Å². The Hall–Kier alpha value is -0.448. The Labute approximate surface area is 93.5 Å². The molecule has 0 amide bonds. The average molecular weight is 205 g/mol. The molecule has 0 saturated heterocycles. The van der Waals surface area contributed by atoms with Gasteiger partial charge in [-0.25, -0.2) is 0 Å². The van der Waals surface area contributed by atoms with Gasteiger partial charge in [0, 0.05) is 0 Å². The van der Waals surface area contributed by atoms with Crippen LogP contribution in [0.25, 0.3) is 0 Å². The lowest BCUT2D eigenvalue weighted by Gasteiger charge is -2.19. The fraction of sp³-hybridized carbons (Fsp3) is 0.500. The number of rotatable bonds is 3. The van der Waals surface area contributed by atoms with E-state index in [1.165, 1.54) is 5.56 Å². The third-order valence-electron chi connectivity index (χ3n) is 2.11. The molecule has 0 unspecified atom stereocenters. The first-order chi connectivity index (χ1) is 6.54. The predicted octanol–water partition coefficient (Wildman–Crippen LogP) is 3.42. The summed E-state index contributed by atoms with van der Waals surface area (Å²) in [5.41, 5.74) is 1.59. The van der Waals surface area contributed by atoms with Crippen LogP contribution in [0, 0.1) is 0 Å². The fourth-order valence-corrected chi connectivity index (χ4v) is 1.73. The summed E-state index contributed by atoms with van der Waals surface area (Å²) in [7, 11) is 0. The van der Waals surface area contributed by atoms with Crippen LogP contribution in [0.15, 0.2) is 24.3 Å². The summed E-state index contributed by atoms with van der Waals surface area (Å²) in [5, 5.41) is 1.14. The molecule has 0 atom stereocenters. The maximum absolute atomic E-state index is 5.61. The van der Waals surface area contributed by atoms with Crippen molar-refractivity contribution in [3.05, 3.63) is 29.8 Å². The second-order valence-electron chi connectivity index (χ2n) is 4.47. The third kappa shape index (κ3) is 3.36. The highest BCUT2D eigenvalue weighted by Gasteiger charge is 2.12. The SMILES string of the molecule is C[CH2][Al][O]c1ccc(C(C)(C)C)cc1. The standard InChI is InChI=1S/C10H14O.C2H5.Al/c1-10(2,3)8-4-6-9(11)7-5-8;1-2;/h4-7,11H,1-3H3;1H2,2H3;/q;;+1/p-1. The van der Waals surface area contributed by atoms with E-state index >= 15 is 0 Å². The molecule has 2 heteroatoms. The topological polar surface area (TPSA) is 9.23 Å². The van der Waals surface area contributed by atoms with Gasteiger partial charge in [-0.1, -0.05) is 45.1 Å². The van der Waals surface area contributed by atoms with Gasteiger partial charge < -0.3 is 3.79 Å². The van der Waals surface area contributed by atoms with E-state index < -0.39 is 0 Å². The minimum Gasteiger partial charge on any atom is -0.648 e. The summed E-state index contributed by atoms with van der Waals surface area (Å²) in [5.74, 6) is 1.01. The van der Waals surface area contributed by atoms with Gasteiger partial charge >= 0.3 is 15.6 Å². The number of benzene rings is 1. The first-order valence-electron chi connectivity index (χ1n) is 5.13. The van der Waals surface area contributed by atoms with Gasteiger partial charge in [0.1, 0.15) is 0 Å². The van der Waals surface area contributed by atoms with Crippen molar-refractivity contribution < 1.29 is 3.79 Å². The molecule has 0 heterocycles. The van der Waals surface area contributed by atoms with Gasteiger partial charge in [-0.3, -0.25) is 0 Å². The molecule has 1 rings (SSSR count). The van der Waals surface area contributed by atoms with Crippen LogP contribution in [0.1, 0.15) is 33.3 Å². The quantitative estimate of drug-likeness (QED) is 0.687. The molecule has 0 aliphatic heterocycles. The van der Waals surface area contributed by atoms with E-state index in [0.29, 0.717) is 0 Å². The molecule has 0 saturated carbocycles. The van der Waals surface area contributed by atoms with E-state index in [2.05, 4.69) is 52.0 Å². The molecule has 0 N–H and O–H groups in total. The Morgan fingerprint density at radius 2 is 1.71 bits per heavy atom. The average Bonchev–Trinajstić information content (AvgIpc) is 2.14. The van der Waals surface area contributed by atoms with Crippen molar-refractivity contribution in [3.63, 3.8) is 0 Å². The van der Waals surface area contributed by atoms with Crippen molar-refractivity contribution in [2.24, 2.45) is 0 Å². The molecule has 0 spiro atoms. The highest BCUT2D eigenvalue weighted by Crippen LogP contribution is 2.24. The minimum absolute atomic E-state index is 0.126. The molecule has 0 aliphatic carbocycles. The first kappa shape index (κ1) is 11.6. The lowest BCUT2D eigenvalue weighted by Crippen LogP contribution is -2.10. The molecular formula is C12H18AlO. The lowest BCUT2D eigenvalue weighted by atomic mass is 9.87. The Morgan fingerprint density at radius 1 is 1.14 bits per heavy atom. The van der Waals surface area contributed by atoms with Crippen molar-refractivity contribution in [3.8, 4) is 5.75 Å². The summed E-state index contributed by atoms with van der Waals surface area (Å²) in [6.45, 7) is 8.82. The molecule has 0 aromatic heterocycles. The van der Waals surface area contributed by atoms with Crippen molar-refractivity contribution in [2.75, 3.05) is 0 Å². The zero-order valence-corrected chi connectivity index (χ0v) is 10.7. The van der Waals surface area contributed by atoms with Gasteiger partial charge in [-0.15, -0.1) is 0 Å². The molecular weight excluding hydrogens is 187 g/mol. The van der Waals surface area contributed by atoms with E-state index in [0.717, 1.165) is 11.0 Å².